The maximum atomic E-state index is 11.7. The van der Waals surface area contributed by atoms with E-state index in [1.165, 1.54) is 38.3 Å². The van der Waals surface area contributed by atoms with E-state index in [-0.39, 0.29) is 23.3 Å². The van der Waals surface area contributed by atoms with Crippen molar-refractivity contribution in [1.82, 2.24) is 14.9 Å². The molecule has 36 heavy (non-hydrogen) atoms. The van der Waals surface area contributed by atoms with Crippen LogP contribution in [0.5, 0.6) is 11.5 Å². The Balaban J connectivity index is 1.86. The van der Waals surface area contributed by atoms with Crippen LogP contribution in [0.2, 0.25) is 0 Å². The van der Waals surface area contributed by atoms with Gasteiger partial charge in [0.05, 0.1) is 37.0 Å². The fourth-order valence-electron chi connectivity index (χ4n) is 3.17. The van der Waals surface area contributed by atoms with E-state index in [1.54, 1.807) is 36.7 Å². The van der Waals surface area contributed by atoms with Gasteiger partial charge in [0.2, 0.25) is 10.9 Å². The number of nitro benzene ring substituents is 1. The highest BCUT2D eigenvalue weighted by atomic mass is 32.2. The molecule has 0 bridgehead atoms. The summed E-state index contributed by atoms with van der Waals surface area (Å²) in [6, 6.07) is 10.1. The van der Waals surface area contributed by atoms with Crippen molar-refractivity contribution in [1.29, 1.82) is 0 Å². The molecule has 12 heteroatoms. The minimum absolute atomic E-state index is 0.0719. The first kappa shape index (κ1) is 26.7. The first-order valence-electron chi connectivity index (χ1n) is 11.1. The van der Waals surface area contributed by atoms with Gasteiger partial charge < -0.3 is 14.2 Å². The average molecular weight is 514 g/mol. The first-order valence-corrected chi connectivity index (χ1v) is 12.1. The number of methoxy groups -OCH3 is 2. The van der Waals surface area contributed by atoms with E-state index >= 15 is 0 Å². The lowest BCUT2D eigenvalue weighted by molar-refractivity contribution is -0.386. The molecule has 2 aromatic carbocycles. The van der Waals surface area contributed by atoms with Crippen LogP contribution in [0.15, 0.2) is 46.7 Å². The number of hydrogen-bond donors (Lipinski definition) is 0. The maximum absolute atomic E-state index is 11.7. The second kappa shape index (κ2) is 12.2. The molecule has 0 saturated carbocycles. The minimum atomic E-state index is -0.513. The Hall–Kier alpha value is -3.93. The van der Waals surface area contributed by atoms with Gasteiger partial charge in [-0.15, -0.1) is 10.2 Å². The zero-order valence-electron chi connectivity index (χ0n) is 20.6. The SMILES string of the molecule is CCc1nnc(SCc2ccc(C(=O)OC)cc2)n1/N=C\c1cc(OC)c(OC(C)C)c([N+](=O)[O-])c1. The van der Waals surface area contributed by atoms with E-state index < -0.39 is 10.9 Å². The summed E-state index contributed by atoms with van der Waals surface area (Å²) in [6.45, 7) is 5.50. The molecular weight excluding hydrogens is 486 g/mol. The summed E-state index contributed by atoms with van der Waals surface area (Å²) in [7, 11) is 2.77. The third-order valence-corrected chi connectivity index (χ3v) is 5.88. The lowest BCUT2D eigenvalue weighted by atomic mass is 10.1. The molecular formula is C24H27N5O6S. The summed E-state index contributed by atoms with van der Waals surface area (Å²) >= 11 is 1.42. The average Bonchev–Trinajstić information content (AvgIpc) is 3.27. The van der Waals surface area contributed by atoms with Crippen LogP contribution in [0.1, 0.15) is 48.1 Å². The Bertz CT molecular complexity index is 1260. The van der Waals surface area contributed by atoms with Crippen molar-refractivity contribution in [2.45, 2.75) is 44.2 Å². The van der Waals surface area contributed by atoms with Crippen LogP contribution >= 0.6 is 11.8 Å². The van der Waals surface area contributed by atoms with Gasteiger partial charge in [-0.05, 0) is 37.6 Å². The number of hydrogen-bond acceptors (Lipinski definition) is 10. The van der Waals surface area contributed by atoms with Gasteiger partial charge in [-0.3, -0.25) is 10.1 Å². The third-order valence-electron chi connectivity index (χ3n) is 4.89. The van der Waals surface area contributed by atoms with Crippen molar-refractivity contribution in [3.63, 3.8) is 0 Å². The van der Waals surface area contributed by atoms with Gasteiger partial charge in [0.15, 0.2) is 11.6 Å². The number of thioether (sulfide) groups is 1. The second-order valence-corrected chi connectivity index (χ2v) is 8.72. The molecule has 1 heterocycles. The largest absolute Gasteiger partial charge is 0.493 e. The molecule has 3 rings (SSSR count). The Kier molecular flexibility index (Phi) is 9.01. The highest BCUT2D eigenvalue weighted by Gasteiger charge is 2.23. The molecule has 3 aromatic rings. The number of aryl methyl sites for hydroxylation is 1. The summed E-state index contributed by atoms with van der Waals surface area (Å²) in [6.07, 6.45) is 1.81. The van der Waals surface area contributed by atoms with Gasteiger partial charge >= 0.3 is 11.7 Å². The van der Waals surface area contributed by atoms with Gasteiger partial charge in [0.25, 0.3) is 0 Å². The van der Waals surface area contributed by atoms with Gasteiger partial charge in [-0.25, -0.2) is 4.79 Å². The fourth-order valence-corrected chi connectivity index (χ4v) is 4.04. The van der Waals surface area contributed by atoms with Crippen LogP contribution in [-0.2, 0) is 16.9 Å². The summed E-state index contributed by atoms with van der Waals surface area (Å²) in [5, 5.41) is 25.2. The van der Waals surface area contributed by atoms with Gasteiger partial charge in [0.1, 0.15) is 0 Å². The van der Waals surface area contributed by atoms with Crippen molar-refractivity contribution >= 4 is 29.6 Å². The Labute approximate surface area is 212 Å². The van der Waals surface area contributed by atoms with Crippen molar-refractivity contribution in [2.24, 2.45) is 5.10 Å². The highest BCUT2D eigenvalue weighted by molar-refractivity contribution is 7.98. The molecule has 0 radical (unpaired) electrons. The second-order valence-electron chi connectivity index (χ2n) is 7.78. The quantitative estimate of drug-likeness (QED) is 0.119. The molecule has 0 saturated heterocycles. The van der Waals surface area contributed by atoms with Crippen molar-refractivity contribution < 1.29 is 23.9 Å². The molecule has 0 aliphatic carbocycles. The maximum Gasteiger partial charge on any atom is 0.337 e. The minimum Gasteiger partial charge on any atom is -0.493 e. The van der Waals surface area contributed by atoms with Crippen LogP contribution in [-0.4, -0.2) is 52.3 Å². The van der Waals surface area contributed by atoms with Crippen molar-refractivity contribution in [3.05, 3.63) is 69.0 Å². The normalized spacial score (nSPS) is 11.2. The molecule has 0 amide bonds. The van der Waals surface area contributed by atoms with Crippen LogP contribution in [0.3, 0.4) is 0 Å². The van der Waals surface area contributed by atoms with E-state index in [0.29, 0.717) is 34.3 Å². The number of nitrogens with zero attached hydrogens (tertiary/aromatic N) is 5. The number of benzene rings is 2. The zero-order valence-corrected chi connectivity index (χ0v) is 21.4. The summed E-state index contributed by atoms with van der Waals surface area (Å²) in [5.74, 6) is 1.12. The Morgan fingerprint density at radius 2 is 1.94 bits per heavy atom. The van der Waals surface area contributed by atoms with E-state index in [2.05, 4.69) is 15.3 Å². The van der Waals surface area contributed by atoms with Gasteiger partial charge in [-0.1, -0.05) is 30.8 Å². The van der Waals surface area contributed by atoms with E-state index in [1.807, 2.05) is 19.1 Å². The molecule has 0 unspecified atom stereocenters. The molecule has 0 aliphatic heterocycles. The zero-order chi connectivity index (χ0) is 26.2. The number of ether oxygens (including phenoxy) is 3. The topological polar surface area (TPSA) is 131 Å². The summed E-state index contributed by atoms with van der Waals surface area (Å²) < 4.78 is 17.3. The molecule has 0 spiro atoms. The van der Waals surface area contributed by atoms with E-state index in [4.69, 9.17) is 14.2 Å². The van der Waals surface area contributed by atoms with E-state index in [0.717, 1.165) is 5.56 Å². The van der Waals surface area contributed by atoms with E-state index in [9.17, 15) is 14.9 Å². The lowest BCUT2D eigenvalue weighted by Gasteiger charge is -2.14. The number of esters is 1. The summed E-state index contributed by atoms with van der Waals surface area (Å²) in [4.78, 5) is 22.8. The predicted octanol–water partition coefficient (Wildman–Crippen LogP) is 4.51. The van der Waals surface area contributed by atoms with Crippen LogP contribution in [0.4, 0.5) is 5.69 Å². The number of rotatable bonds is 11. The number of aromatic nitrogens is 3. The summed E-state index contributed by atoms with van der Waals surface area (Å²) in [5.41, 5.74) is 1.70. The van der Waals surface area contributed by atoms with Gasteiger partial charge in [0, 0.05) is 23.8 Å². The number of carbonyl (C=O) groups is 1. The Morgan fingerprint density at radius 3 is 2.53 bits per heavy atom. The van der Waals surface area contributed by atoms with Crippen LogP contribution in [0.25, 0.3) is 0 Å². The lowest BCUT2D eigenvalue weighted by Crippen LogP contribution is -2.09. The smallest absolute Gasteiger partial charge is 0.337 e. The predicted molar refractivity (Wildman–Crippen MR) is 135 cm³/mol. The van der Waals surface area contributed by atoms with Crippen LogP contribution < -0.4 is 9.47 Å². The van der Waals surface area contributed by atoms with Crippen molar-refractivity contribution in [2.75, 3.05) is 14.2 Å². The molecule has 0 fully saturated rings. The number of nitro groups is 1. The molecule has 11 nitrogen and oxygen atoms in total. The molecule has 190 valence electrons. The molecule has 1 aromatic heterocycles. The standard InChI is InChI=1S/C24H27N5O6S/c1-6-21-26-27-24(36-14-16-7-9-18(10-8-16)23(30)34-5)28(21)25-13-17-11-19(29(31)32)22(35-15(2)3)20(12-17)33-4/h7-13,15H,6,14H2,1-5H3/b25-13-. The highest BCUT2D eigenvalue weighted by Crippen LogP contribution is 2.38. The monoisotopic (exact) mass is 513 g/mol. The third kappa shape index (κ3) is 6.39. The first-order chi connectivity index (χ1) is 17.3. The molecule has 0 N–H and O–H groups in total. The van der Waals surface area contributed by atoms with Gasteiger partial charge in [-0.2, -0.15) is 9.78 Å². The molecule has 0 atom stereocenters. The molecule has 0 aliphatic rings. The fraction of sp³-hybridized carbons (Fsp3) is 0.333. The van der Waals surface area contributed by atoms with Crippen LogP contribution in [0, 0.1) is 10.1 Å². The Morgan fingerprint density at radius 1 is 1.22 bits per heavy atom. The van der Waals surface area contributed by atoms with Crippen molar-refractivity contribution in [3.8, 4) is 11.5 Å². The number of carbonyl (C=O) groups excluding carboxylic acids is 1.